The number of aromatic nitrogens is 1. The van der Waals surface area contributed by atoms with Crippen LogP contribution in [0.15, 0.2) is 24.3 Å². The minimum atomic E-state index is -0.231. The number of thiazole rings is 1. The second kappa shape index (κ2) is 6.04. The van der Waals surface area contributed by atoms with Crippen molar-refractivity contribution in [3.63, 3.8) is 0 Å². The first-order valence-electron chi connectivity index (χ1n) is 7.41. The van der Waals surface area contributed by atoms with Crippen LogP contribution in [0.4, 0.5) is 0 Å². The quantitative estimate of drug-likeness (QED) is 0.625. The number of hydrogen-bond donors (Lipinski definition) is 0. The first kappa shape index (κ1) is 15.6. The fourth-order valence-corrected chi connectivity index (χ4v) is 3.72. The maximum Gasteiger partial charge on any atom is 0.261 e. The van der Waals surface area contributed by atoms with Gasteiger partial charge < -0.3 is 0 Å². The van der Waals surface area contributed by atoms with Crippen LogP contribution in [0.25, 0.3) is 0 Å². The number of carbonyl (C=O) groups is 3. The molecule has 2 heterocycles. The second-order valence-electron chi connectivity index (χ2n) is 5.49. The van der Waals surface area contributed by atoms with Crippen molar-refractivity contribution < 1.29 is 14.4 Å². The van der Waals surface area contributed by atoms with Crippen LogP contribution in [-0.4, -0.2) is 34.0 Å². The van der Waals surface area contributed by atoms with Crippen LogP contribution >= 0.6 is 11.3 Å². The van der Waals surface area contributed by atoms with Gasteiger partial charge in [0.2, 0.25) is 0 Å². The van der Waals surface area contributed by atoms with E-state index < -0.39 is 0 Å². The number of aryl methyl sites for hydroxylation is 2. The summed E-state index contributed by atoms with van der Waals surface area (Å²) in [6, 6.07) is 6.88. The summed E-state index contributed by atoms with van der Waals surface area (Å²) >= 11 is 1.39. The first-order chi connectivity index (χ1) is 11.0. The predicted octanol–water partition coefficient (Wildman–Crippen LogP) is 2.88. The lowest BCUT2D eigenvalue weighted by molar-refractivity contribution is 0.0652. The Morgan fingerprint density at radius 3 is 2.30 bits per heavy atom. The zero-order valence-electron chi connectivity index (χ0n) is 13.0. The molecule has 0 aliphatic carbocycles. The molecule has 23 heavy (non-hydrogen) atoms. The zero-order valence-corrected chi connectivity index (χ0v) is 13.8. The molecule has 0 fully saturated rings. The molecular weight excluding hydrogens is 312 g/mol. The number of nitrogens with zero attached hydrogens (tertiary/aromatic N) is 2. The van der Waals surface area contributed by atoms with Crippen molar-refractivity contribution in [2.24, 2.45) is 0 Å². The molecule has 2 aromatic rings. The molecular formula is C17H16N2O3S. The van der Waals surface area contributed by atoms with Crippen molar-refractivity contribution in [1.82, 2.24) is 9.88 Å². The fourth-order valence-electron chi connectivity index (χ4n) is 2.72. The molecule has 6 heteroatoms. The Balaban J connectivity index is 1.64. The summed E-state index contributed by atoms with van der Waals surface area (Å²) in [5, 5.41) is 0.865. The number of Topliss-reactive ketones (excluding diaryl/α,β-unsaturated/α-hetero) is 1. The van der Waals surface area contributed by atoms with Gasteiger partial charge in [0.1, 0.15) is 0 Å². The molecule has 0 unspecified atom stereocenters. The van der Waals surface area contributed by atoms with Gasteiger partial charge in [-0.15, -0.1) is 11.3 Å². The Hall–Kier alpha value is -2.34. The molecule has 1 aromatic carbocycles. The van der Waals surface area contributed by atoms with Crippen molar-refractivity contribution in [2.75, 3.05) is 6.54 Å². The van der Waals surface area contributed by atoms with E-state index in [4.69, 9.17) is 0 Å². The number of hydrogen-bond acceptors (Lipinski definition) is 5. The molecule has 1 aromatic heterocycles. The molecule has 0 bridgehead atoms. The number of amides is 2. The van der Waals surface area contributed by atoms with E-state index in [2.05, 4.69) is 4.98 Å². The lowest BCUT2D eigenvalue weighted by atomic mass is 10.1. The van der Waals surface area contributed by atoms with Gasteiger partial charge in [-0.25, -0.2) is 4.98 Å². The minimum absolute atomic E-state index is 0.0200. The fraction of sp³-hybridized carbons (Fsp3) is 0.294. The predicted molar refractivity (Wildman–Crippen MR) is 87.0 cm³/mol. The third-order valence-corrected chi connectivity index (χ3v) is 5.13. The third kappa shape index (κ3) is 2.82. The van der Waals surface area contributed by atoms with Gasteiger partial charge in [-0.3, -0.25) is 19.3 Å². The largest absolute Gasteiger partial charge is 0.294 e. The van der Waals surface area contributed by atoms with Gasteiger partial charge in [-0.2, -0.15) is 0 Å². The highest BCUT2D eigenvalue weighted by atomic mass is 32.1. The number of benzene rings is 1. The lowest BCUT2D eigenvalue weighted by Gasteiger charge is -2.12. The van der Waals surface area contributed by atoms with Crippen LogP contribution in [-0.2, 0) is 6.42 Å². The smallest absolute Gasteiger partial charge is 0.261 e. The highest BCUT2D eigenvalue weighted by Crippen LogP contribution is 2.24. The lowest BCUT2D eigenvalue weighted by Crippen LogP contribution is -2.30. The molecule has 2 amide bonds. The van der Waals surface area contributed by atoms with Crippen molar-refractivity contribution in [3.05, 3.63) is 51.0 Å². The topological polar surface area (TPSA) is 67.3 Å². The minimum Gasteiger partial charge on any atom is -0.294 e. The van der Waals surface area contributed by atoms with E-state index in [0.717, 1.165) is 10.7 Å². The maximum absolute atomic E-state index is 12.2. The summed E-state index contributed by atoms with van der Waals surface area (Å²) in [7, 11) is 0. The van der Waals surface area contributed by atoms with Crippen molar-refractivity contribution >= 4 is 28.9 Å². The summed E-state index contributed by atoms with van der Waals surface area (Å²) in [6.45, 7) is 3.71. The zero-order chi connectivity index (χ0) is 16.6. The normalized spacial score (nSPS) is 13.6. The molecule has 0 N–H and O–H groups in total. The molecule has 5 nitrogen and oxygen atoms in total. The van der Waals surface area contributed by atoms with E-state index in [1.54, 1.807) is 24.3 Å². The molecule has 0 radical (unpaired) electrons. The molecule has 0 saturated carbocycles. The van der Waals surface area contributed by atoms with E-state index in [9.17, 15) is 14.4 Å². The summed E-state index contributed by atoms with van der Waals surface area (Å²) < 4.78 is 0. The number of fused-ring (bicyclic) bond motifs is 1. The van der Waals surface area contributed by atoms with Crippen LogP contribution in [0, 0.1) is 6.92 Å². The Morgan fingerprint density at radius 2 is 1.78 bits per heavy atom. The van der Waals surface area contributed by atoms with Crippen molar-refractivity contribution in [1.29, 1.82) is 0 Å². The van der Waals surface area contributed by atoms with E-state index in [-0.39, 0.29) is 17.6 Å². The average Bonchev–Trinajstić information content (AvgIpc) is 3.01. The van der Waals surface area contributed by atoms with Gasteiger partial charge in [0.15, 0.2) is 5.78 Å². The Kier molecular flexibility index (Phi) is 4.09. The SMILES string of the molecule is CC(=O)c1sc(CCCN2C(=O)c3ccccc3C2=O)nc1C. The number of carbonyl (C=O) groups excluding carboxylic acids is 3. The summed E-state index contributed by atoms with van der Waals surface area (Å²) in [5.74, 6) is -0.442. The number of imide groups is 1. The van der Waals surface area contributed by atoms with E-state index in [1.807, 2.05) is 6.92 Å². The Labute approximate surface area is 138 Å². The average molecular weight is 328 g/mol. The first-order valence-corrected chi connectivity index (χ1v) is 8.23. The van der Waals surface area contributed by atoms with Gasteiger partial charge in [-0.1, -0.05) is 12.1 Å². The van der Waals surface area contributed by atoms with Gasteiger partial charge >= 0.3 is 0 Å². The van der Waals surface area contributed by atoms with Crippen LogP contribution < -0.4 is 0 Å². The van der Waals surface area contributed by atoms with Crippen molar-refractivity contribution in [3.8, 4) is 0 Å². The van der Waals surface area contributed by atoms with Gasteiger partial charge in [0.05, 0.1) is 26.7 Å². The maximum atomic E-state index is 12.2. The van der Waals surface area contributed by atoms with Gasteiger partial charge in [-0.05, 0) is 25.5 Å². The summed E-state index contributed by atoms with van der Waals surface area (Å²) in [6.07, 6.45) is 1.28. The van der Waals surface area contributed by atoms with Crippen molar-refractivity contribution in [2.45, 2.75) is 26.7 Å². The number of ketones is 1. The monoisotopic (exact) mass is 328 g/mol. The van der Waals surface area contributed by atoms with E-state index in [0.29, 0.717) is 35.4 Å². The molecule has 3 rings (SSSR count). The molecule has 0 atom stereocenters. The summed E-state index contributed by atoms with van der Waals surface area (Å²) in [4.78, 5) is 42.3. The molecule has 118 valence electrons. The van der Waals surface area contributed by atoms with E-state index >= 15 is 0 Å². The van der Waals surface area contributed by atoms with Crippen LogP contribution in [0.5, 0.6) is 0 Å². The molecule has 1 aliphatic heterocycles. The molecule has 0 saturated heterocycles. The molecule has 1 aliphatic rings. The second-order valence-corrected chi connectivity index (χ2v) is 6.57. The Morgan fingerprint density at radius 1 is 1.17 bits per heavy atom. The number of rotatable bonds is 5. The van der Waals surface area contributed by atoms with E-state index in [1.165, 1.54) is 23.2 Å². The third-order valence-electron chi connectivity index (χ3n) is 3.81. The molecule has 0 spiro atoms. The van der Waals surface area contributed by atoms with Gasteiger partial charge in [0, 0.05) is 19.9 Å². The van der Waals surface area contributed by atoms with Crippen LogP contribution in [0.1, 0.15) is 54.4 Å². The van der Waals surface area contributed by atoms with Gasteiger partial charge in [0.25, 0.3) is 11.8 Å². The van der Waals surface area contributed by atoms with Crippen LogP contribution in [0.3, 0.4) is 0 Å². The standard InChI is InChI=1S/C17H16N2O3S/c1-10-15(11(2)20)23-14(18-10)8-5-9-19-16(21)12-6-3-4-7-13(12)17(19)22/h3-4,6-7H,5,8-9H2,1-2H3. The van der Waals surface area contributed by atoms with Crippen LogP contribution in [0.2, 0.25) is 0 Å². The highest BCUT2D eigenvalue weighted by Gasteiger charge is 2.34. The summed E-state index contributed by atoms with van der Waals surface area (Å²) in [5.41, 5.74) is 1.70. The Bertz CT molecular complexity index is 775. The highest BCUT2D eigenvalue weighted by molar-refractivity contribution is 7.13.